The molecule has 1 atom stereocenters. The zero-order valence-corrected chi connectivity index (χ0v) is 10.0. The topological polar surface area (TPSA) is 47.3 Å². The van der Waals surface area contributed by atoms with Crippen LogP contribution >= 0.6 is 11.6 Å². The molecule has 1 aromatic rings. The van der Waals surface area contributed by atoms with Gasteiger partial charge in [-0.25, -0.2) is 8.78 Å². The second-order valence-corrected chi connectivity index (χ2v) is 4.00. The molecule has 1 aromatic heterocycles. The smallest absolute Gasteiger partial charge is 0.330 e. The van der Waals surface area contributed by atoms with Crippen LogP contribution in [0.5, 0.6) is 0 Å². The molecule has 4 nitrogen and oxygen atoms in total. The molecule has 0 amide bonds. The van der Waals surface area contributed by atoms with Gasteiger partial charge in [0.1, 0.15) is 12.7 Å². The quantitative estimate of drug-likeness (QED) is 0.816. The molecule has 18 heavy (non-hydrogen) atoms. The van der Waals surface area contributed by atoms with E-state index in [1.165, 1.54) is 17.9 Å². The molecule has 0 aliphatic heterocycles. The second-order valence-electron chi connectivity index (χ2n) is 3.59. The summed E-state index contributed by atoms with van der Waals surface area (Å²) in [7, 11) is 1.48. The molecule has 0 bridgehead atoms. The average Bonchev–Trinajstić information content (AvgIpc) is 2.58. The molecular formula is C9H11ClF4N2O2. The highest BCUT2D eigenvalue weighted by Crippen LogP contribution is 2.25. The molecular weight excluding hydrogens is 280 g/mol. The van der Waals surface area contributed by atoms with Crippen LogP contribution in [0.3, 0.4) is 0 Å². The molecule has 0 fully saturated rings. The third-order valence-electron chi connectivity index (χ3n) is 2.14. The zero-order chi connectivity index (χ0) is 13.9. The summed E-state index contributed by atoms with van der Waals surface area (Å²) in [5, 5.41) is 13.5. The lowest BCUT2D eigenvalue weighted by Gasteiger charge is -2.17. The minimum Gasteiger partial charge on any atom is -0.384 e. The van der Waals surface area contributed by atoms with E-state index < -0.39 is 31.7 Å². The first-order valence-electron chi connectivity index (χ1n) is 4.85. The van der Waals surface area contributed by atoms with E-state index in [4.69, 9.17) is 11.6 Å². The lowest BCUT2D eigenvalue weighted by Crippen LogP contribution is -2.33. The summed E-state index contributed by atoms with van der Waals surface area (Å²) < 4.78 is 54.2. The minimum atomic E-state index is -4.24. The Morgan fingerprint density at radius 1 is 1.56 bits per heavy atom. The van der Waals surface area contributed by atoms with Crippen LogP contribution in [0.15, 0.2) is 6.20 Å². The number of aromatic nitrogens is 2. The van der Waals surface area contributed by atoms with E-state index >= 15 is 0 Å². The highest BCUT2D eigenvalue weighted by Gasteiger charge is 2.41. The number of aryl methyl sites for hydroxylation is 1. The summed E-state index contributed by atoms with van der Waals surface area (Å²) in [6, 6.07) is 0. The first-order chi connectivity index (χ1) is 8.25. The molecule has 0 aliphatic carbocycles. The van der Waals surface area contributed by atoms with Gasteiger partial charge in [0, 0.05) is 7.05 Å². The SMILES string of the molecule is Cn1ncc(Cl)c1C(O)COCC(F)(F)C(F)F. The maximum Gasteiger partial charge on any atom is 0.330 e. The van der Waals surface area contributed by atoms with Crippen molar-refractivity contribution in [2.75, 3.05) is 13.2 Å². The Bertz CT molecular complexity index is 380. The number of aliphatic hydroxyl groups is 1. The van der Waals surface area contributed by atoms with Gasteiger partial charge in [-0.05, 0) is 0 Å². The molecule has 0 radical (unpaired) electrons. The van der Waals surface area contributed by atoms with Gasteiger partial charge in [-0.15, -0.1) is 0 Å². The number of nitrogens with zero attached hydrogens (tertiary/aromatic N) is 2. The predicted octanol–water partition coefficient (Wildman–Crippen LogP) is 2.02. The Kier molecular flexibility index (Phi) is 4.94. The fourth-order valence-corrected chi connectivity index (χ4v) is 1.54. The van der Waals surface area contributed by atoms with Crippen LogP contribution < -0.4 is 0 Å². The number of rotatable bonds is 6. The Labute approximate surface area is 105 Å². The van der Waals surface area contributed by atoms with Crippen molar-refractivity contribution in [3.8, 4) is 0 Å². The summed E-state index contributed by atoms with van der Waals surface area (Å²) in [4.78, 5) is 0. The average molecular weight is 291 g/mol. The molecule has 1 heterocycles. The molecule has 0 saturated heterocycles. The predicted molar refractivity (Wildman–Crippen MR) is 54.9 cm³/mol. The molecule has 0 saturated carbocycles. The Morgan fingerprint density at radius 3 is 2.61 bits per heavy atom. The number of hydrogen-bond acceptors (Lipinski definition) is 3. The van der Waals surface area contributed by atoms with E-state index in [1.54, 1.807) is 0 Å². The number of aliphatic hydroxyl groups excluding tert-OH is 1. The Hall–Kier alpha value is -0.860. The van der Waals surface area contributed by atoms with E-state index in [1.807, 2.05) is 0 Å². The number of hydrogen-bond donors (Lipinski definition) is 1. The number of halogens is 5. The summed E-state index contributed by atoms with van der Waals surface area (Å²) in [5.74, 6) is -4.24. The largest absolute Gasteiger partial charge is 0.384 e. The van der Waals surface area contributed by atoms with Crippen LogP contribution in [0.2, 0.25) is 5.02 Å². The highest BCUT2D eigenvalue weighted by atomic mass is 35.5. The second kappa shape index (κ2) is 5.85. The lowest BCUT2D eigenvalue weighted by molar-refractivity contribution is -0.171. The van der Waals surface area contributed by atoms with Gasteiger partial charge in [-0.1, -0.05) is 11.6 Å². The van der Waals surface area contributed by atoms with Crippen molar-refractivity contribution in [2.24, 2.45) is 7.05 Å². The first-order valence-corrected chi connectivity index (χ1v) is 5.22. The first kappa shape index (κ1) is 15.2. The molecule has 0 aliphatic rings. The van der Waals surface area contributed by atoms with Crippen LogP contribution in [-0.2, 0) is 11.8 Å². The Balaban J connectivity index is 2.50. The van der Waals surface area contributed by atoms with Crippen LogP contribution in [0.4, 0.5) is 17.6 Å². The van der Waals surface area contributed by atoms with Gasteiger partial charge in [-0.3, -0.25) is 4.68 Å². The summed E-state index contributed by atoms with van der Waals surface area (Å²) >= 11 is 5.69. The van der Waals surface area contributed by atoms with Gasteiger partial charge < -0.3 is 9.84 Å². The normalized spacial score (nSPS) is 14.2. The van der Waals surface area contributed by atoms with Gasteiger partial charge in [-0.2, -0.15) is 13.9 Å². The van der Waals surface area contributed by atoms with Crippen molar-refractivity contribution in [1.29, 1.82) is 0 Å². The molecule has 0 spiro atoms. The van der Waals surface area contributed by atoms with Crippen molar-refractivity contribution >= 4 is 11.6 Å². The fraction of sp³-hybridized carbons (Fsp3) is 0.667. The van der Waals surface area contributed by atoms with Crippen LogP contribution in [-0.4, -0.2) is 40.4 Å². The fourth-order valence-electron chi connectivity index (χ4n) is 1.24. The highest BCUT2D eigenvalue weighted by molar-refractivity contribution is 6.31. The van der Waals surface area contributed by atoms with Gasteiger partial charge in [0.05, 0.1) is 23.5 Å². The molecule has 1 rings (SSSR count). The third kappa shape index (κ3) is 3.56. The third-order valence-corrected chi connectivity index (χ3v) is 2.43. The van der Waals surface area contributed by atoms with Gasteiger partial charge in [0.15, 0.2) is 0 Å². The standard InChI is InChI=1S/C9H11ClF4N2O2/c1-16-7(5(10)2-15-16)6(17)3-18-4-9(13,14)8(11)12/h2,6,8,17H,3-4H2,1H3. The maximum absolute atomic E-state index is 12.5. The van der Waals surface area contributed by atoms with Gasteiger partial charge in [0.25, 0.3) is 0 Å². The van der Waals surface area contributed by atoms with Gasteiger partial charge in [0.2, 0.25) is 0 Å². The van der Waals surface area contributed by atoms with Crippen molar-refractivity contribution in [3.05, 3.63) is 16.9 Å². The zero-order valence-electron chi connectivity index (χ0n) is 9.29. The van der Waals surface area contributed by atoms with Crippen molar-refractivity contribution in [3.63, 3.8) is 0 Å². The van der Waals surface area contributed by atoms with Crippen LogP contribution in [0.25, 0.3) is 0 Å². The van der Waals surface area contributed by atoms with Crippen molar-refractivity contribution < 1.29 is 27.4 Å². The van der Waals surface area contributed by atoms with Gasteiger partial charge >= 0.3 is 12.3 Å². The number of ether oxygens (including phenoxy) is 1. The summed E-state index contributed by atoms with van der Waals surface area (Å²) in [5.41, 5.74) is 0.164. The van der Waals surface area contributed by atoms with E-state index in [0.29, 0.717) is 0 Å². The van der Waals surface area contributed by atoms with E-state index in [0.717, 1.165) is 0 Å². The molecule has 1 N–H and O–H groups in total. The monoisotopic (exact) mass is 290 g/mol. The molecule has 9 heteroatoms. The minimum absolute atomic E-state index is 0.134. The van der Waals surface area contributed by atoms with E-state index in [9.17, 15) is 22.7 Å². The van der Waals surface area contributed by atoms with Crippen LogP contribution in [0.1, 0.15) is 11.8 Å². The molecule has 1 unspecified atom stereocenters. The lowest BCUT2D eigenvalue weighted by atomic mass is 10.2. The van der Waals surface area contributed by atoms with E-state index in [2.05, 4.69) is 9.84 Å². The van der Waals surface area contributed by atoms with E-state index in [-0.39, 0.29) is 10.7 Å². The van der Waals surface area contributed by atoms with Crippen molar-refractivity contribution in [2.45, 2.75) is 18.5 Å². The number of alkyl halides is 4. The van der Waals surface area contributed by atoms with Crippen molar-refractivity contribution in [1.82, 2.24) is 9.78 Å². The Morgan fingerprint density at radius 2 is 2.17 bits per heavy atom. The summed E-state index contributed by atoms with van der Waals surface area (Å²) in [6.07, 6.45) is -3.87. The molecule has 0 aromatic carbocycles. The summed E-state index contributed by atoms with van der Waals surface area (Å²) in [6.45, 7) is -2.06. The van der Waals surface area contributed by atoms with Crippen LogP contribution in [0, 0.1) is 0 Å². The maximum atomic E-state index is 12.5. The molecule has 104 valence electrons.